The van der Waals surface area contributed by atoms with Crippen LogP contribution in [0.15, 0.2) is 0 Å². The summed E-state index contributed by atoms with van der Waals surface area (Å²) >= 11 is 0. The molecule has 3 heteroatoms. The zero-order valence-corrected chi connectivity index (χ0v) is 3.96. The van der Waals surface area contributed by atoms with Gasteiger partial charge in [0.2, 0.25) is 0 Å². The minimum Gasteiger partial charge on any atom is -0.394 e. The van der Waals surface area contributed by atoms with E-state index < -0.39 is 0 Å². The van der Waals surface area contributed by atoms with Crippen LogP contribution in [0.25, 0.3) is 0 Å². The predicted octanol–water partition coefficient (Wildman–Crippen LogP) is -0.0815. The molecule has 7 heavy (non-hydrogen) atoms. The van der Waals surface area contributed by atoms with Crippen LogP contribution < -0.4 is 0 Å². The Balaban J connectivity index is 2.21. The van der Waals surface area contributed by atoms with Gasteiger partial charge in [0.1, 0.15) is 0 Å². The summed E-state index contributed by atoms with van der Waals surface area (Å²) in [6.07, 6.45) is 1.21. The predicted molar refractivity (Wildman–Crippen MR) is 27.0 cm³/mol. The van der Waals surface area contributed by atoms with Crippen LogP contribution in [0.5, 0.6) is 0 Å². The van der Waals surface area contributed by atoms with Crippen molar-refractivity contribution in [2.45, 2.75) is 18.7 Å². The van der Waals surface area contributed by atoms with Crippen LogP contribution in [-0.4, -0.2) is 17.9 Å². The average molecular weight is 94.9 g/mol. The van der Waals surface area contributed by atoms with Gasteiger partial charge in [-0.1, -0.05) is 0 Å². The van der Waals surface area contributed by atoms with Crippen molar-refractivity contribution in [2.75, 3.05) is 0 Å². The first kappa shape index (κ1) is 4.67. The Bertz CT molecular complexity index is 103. The third kappa shape index (κ3) is 0.753. The molecule has 1 fully saturated rings. The van der Waals surface area contributed by atoms with Crippen LogP contribution in [0.1, 0.15) is 0 Å². The maximum absolute atomic E-state index is 8.60. The number of aliphatic hydroxyl groups excluding tert-OH is 1. The maximum Gasteiger partial charge on any atom is 0.272 e. The van der Waals surface area contributed by atoms with Gasteiger partial charge in [-0.25, -0.2) is 5.26 Å². The highest BCUT2D eigenvalue weighted by Crippen LogP contribution is 2.19. The Kier molecular flexibility index (Phi) is 1.03. The standard InChI is InChI=1S/C4H6BNO/c6-3-5-1-4(7)2-5/h4,7H,1-2H2. The van der Waals surface area contributed by atoms with E-state index in [1.54, 1.807) is 0 Å². The Morgan fingerprint density at radius 1 is 1.71 bits per heavy atom. The molecule has 0 radical (unpaired) electrons. The topological polar surface area (TPSA) is 44.0 Å². The Hall–Kier alpha value is -0.485. The van der Waals surface area contributed by atoms with Crippen LogP contribution in [0.2, 0.25) is 12.6 Å². The van der Waals surface area contributed by atoms with Gasteiger partial charge >= 0.3 is 0 Å². The molecule has 0 amide bonds. The second-order valence-corrected chi connectivity index (χ2v) is 1.95. The molecule has 0 aromatic rings. The van der Waals surface area contributed by atoms with E-state index >= 15 is 0 Å². The van der Waals surface area contributed by atoms with Gasteiger partial charge in [-0.3, -0.25) is 0 Å². The molecule has 0 bridgehead atoms. The molecule has 36 valence electrons. The van der Waals surface area contributed by atoms with Crippen molar-refractivity contribution in [3.63, 3.8) is 0 Å². The minimum atomic E-state index is -0.176. The normalized spacial score (nSPS) is 20.9. The Morgan fingerprint density at radius 3 is 2.43 bits per heavy atom. The minimum absolute atomic E-state index is 0.148. The van der Waals surface area contributed by atoms with Gasteiger partial charge in [-0.05, 0) is 12.6 Å². The largest absolute Gasteiger partial charge is 0.394 e. The SMILES string of the molecule is N#CB1CC(O)C1. The maximum atomic E-state index is 8.60. The van der Waals surface area contributed by atoms with E-state index in [1.165, 1.54) is 0 Å². The Labute approximate surface area is 42.8 Å². The fraction of sp³-hybridized carbons (Fsp3) is 0.750. The van der Waals surface area contributed by atoms with Gasteiger partial charge in [0, 0.05) is 12.1 Å². The van der Waals surface area contributed by atoms with Crippen LogP contribution in [-0.2, 0) is 0 Å². The van der Waals surface area contributed by atoms with E-state index in [0.29, 0.717) is 12.6 Å². The van der Waals surface area contributed by atoms with Crippen molar-refractivity contribution in [3.8, 4) is 5.97 Å². The summed E-state index contributed by atoms with van der Waals surface area (Å²) in [4.78, 5) is 0. The molecule has 0 aromatic carbocycles. The molecule has 0 saturated carbocycles. The number of nitriles is 1. The molecular formula is C4H6BNO. The van der Waals surface area contributed by atoms with Gasteiger partial charge in [-0.15, -0.1) is 0 Å². The zero-order valence-electron chi connectivity index (χ0n) is 3.96. The molecule has 1 rings (SSSR count). The average Bonchev–Trinajstić information content (AvgIpc) is 1.58. The molecule has 0 aliphatic carbocycles. The van der Waals surface area contributed by atoms with Gasteiger partial charge in [0.15, 0.2) is 0 Å². The fourth-order valence-corrected chi connectivity index (χ4v) is 0.693. The third-order valence-corrected chi connectivity index (χ3v) is 1.30. The summed E-state index contributed by atoms with van der Waals surface area (Å²) in [5.41, 5.74) is 0. The first-order valence-corrected chi connectivity index (χ1v) is 2.40. The molecule has 0 unspecified atom stereocenters. The van der Waals surface area contributed by atoms with Crippen LogP contribution in [0, 0.1) is 11.2 Å². The van der Waals surface area contributed by atoms with E-state index in [-0.39, 0.29) is 12.8 Å². The van der Waals surface area contributed by atoms with Crippen molar-refractivity contribution in [1.29, 1.82) is 5.26 Å². The van der Waals surface area contributed by atoms with Crippen molar-refractivity contribution in [2.24, 2.45) is 0 Å². The van der Waals surface area contributed by atoms with Gasteiger partial charge in [0.25, 0.3) is 6.71 Å². The van der Waals surface area contributed by atoms with Crippen molar-refractivity contribution in [1.82, 2.24) is 0 Å². The van der Waals surface area contributed by atoms with Crippen LogP contribution in [0.3, 0.4) is 0 Å². The quantitative estimate of drug-likeness (QED) is 0.427. The van der Waals surface area contributed by atoms with E-state index in [4.69, 9.17) is 10.4 Å². The lowest BCUT2D eigenvalue weighted by molar-refractivity contribution is 0.196. The molecule has 0 spiro atoms. The number of nitrogens with zero attached hydrogens (tertiary/aromatic N) is 1. The van der Waals surface area contributed by atoms with Gasteiger partial charge < -0.3 is 5.11 Å². The smallest absolute Gasteiger partial charge is 0.272 e. The second kappa shape index (κ2) is 1.55. The van der Waals surface area contributed by atoms with E-state index in [1.807, 2.05) is 0 Å². The molecule has 1 heterocycles. The lowest BCUT2D eigenvalue weighted by Gasteiger charge is -2.21. The number of hydrogen-bond acceptors (Lipinski definition) is 2. The molecule has 0 atom stereocenters. The first-order valence-electron chi connectivity index (χ1n) is 2.40. The monoisotopic (exact) mass is 95.1 g/mol. The molecule has 0 aromatic heterocycles. The molecule has 1 aliphatic rings. The molecule has 1 saturated heterocycles. The highest BCUT2D eigenvalue weighted by molar-refractivity contribution is 6.70. The molecule has 1 aliphatic heterocycles. The van der Waals surface area contributed by atoms with E-state index in [9.17, 15) is 0 Å². The van der Waals surface area contributed by atoms with Crippen molar-refractivity contribution < 1.29 is 5.11 Å². The summed E-state index contributed by atoms with van der Waals surface area (Å²) in [5.74, 6) is 2.07. The summed E-state index contributed by atoms with van der Waals surface area (Å²) in [5, 5.41) is 16.7. The Morgan fingerprint density at radius 2 is 2.29 bits per heavy atom. The molecule has 1 N–H and O–H groups in total. The van der Waals surface area contributed by atoms with Crippen LogP contribution >= 0.6 is 0 Å². The van der Waals surface area contributed by atoms with E-state index in [2.05, 4.69) is 5.97 Å². The summed E-state index contributed by atoms with van der Waals surface area (Å²) < 4.78 is 0. The summed E-state index contributed by atoms with van der Waals surface area (Å²) in [6.45, 7) is 0.148. The highest BCUT2D eigenvalue weighted by Gasteiger charge is 2.30. The number of aliphatic hydroxyl groups is 1. The van der Waals surface area contributed by atoms with Crippen LogP contribution in [0.4, 0.5) is 0 Å². The lowest BCUT2D eigenvalue weighted by atomic mass is 9.35. The second-order valence-electron chi connectivity index (χ2n) is 1.95. The summed E-state index contributed by atoms with van der Waals surface area (Å²) in [6, 6.07) is 0. The van der Waals surface area contributed by atoms with Crippen molar-refractivity contribution >= 4 is 6.71 Å². The lowest BCUT2D eigenvalue weighted by Crippen LogP contribution is -2.33. The summed E-state index contributed by atoms with van der Waals surface area (Å²) in [7, 11) is 0. The van der Waals surface area contributed by atoms with Gasteiger partial charge in [0.05, 0.1) is 0 Å². The molecule has 2 nitrogen and oxygen atoms in total. The number of rotatable bonds is 0. The third-order valence-electron chi connectivity index (χ3n) is 1.30. The van der Waals surface area contributed by atoms with E-state index in [0.717, 1.165) is 0 Å². The zero-order chi connectivity index (χ0) is 5.28. The van der Waals surface area contributed by atoms with Gasteiger partial charge in [-0.2, -0.15) is 0 Å². The molecular weight excluding hydrogens is 88.9 g/mol. The number of hydrogen-bond donors (Lipinski definition) is 1. The fourth-order valence-electron chi connectivity index (χ4n) is 0.693. The highest BCUT2D eigenvalue weighted by atomic mass is 16.3. The van der Waals surface area contributed by atoms with Crippen molar-refractivity contribution in [3.05, 3.63) is 0 Å². The first-order chi connectivity index (χ1) is 3.33.